The minimum Gasteiger partial charge on any atom is -0.507 e. The zero-order valence-electron chi connectivity index (χ0n) is 11.0. The number of nitrogen functional groups attached to an aromatic ring is 1. The zero-order chi connectivity index (χ0) is 15.8. The van der Waals surface area contributed by atoms with Gasteiger partial charge in [-0.25, -0.2) is 0 Å². The lowest BCUT2D eigenvalue weighted by atomic mass is 10.1. The third-order valence-corrected chi connectivity index (χ3v) is 2.96. The van der Waals surface area contributed by atoms with Crippen LogP contribution in [0.5, 0.6) is 5.75 Å². The van der Waals surface area contributed by atoms with Crippen molar-refractivity contribution in [2.45, 2.75) is 0 Å². The number of aldehydes is 1. The lowest BCUT2D eigenvalue weighted by Crippen LogP contribution is -2.04. The molecule has 2 aromatic rings. The summed E-state index contributed by atoms with van der Waals surface area (Å²) in [5, 5.41) is 17.5. The van der Waals surface area contributed by atoms with Crippen LogP contribution in [-0.2, 0) is 0 Å². The summed E-state index contributed by atoms with van der Waals surface area (Å²) in [6.07, 6.45) is 0.611. The Kier molecular flexibility index (Phi) is 6.58. The average Bonchev–Trinajstić information content (AvgIpc) is 2.49. The van der Waals surface area contributed by atoms with Gasteiger partial charge in [0.05, 0.1) is 5.56 Å². The maximum Gasteiger partial charge on any atom is 0.188 e. The number of benzene rings is 2. The minimum absolute atomic E-state index is 0.0122. The van der Waals surface area contributed by atoms with E-state index < -0.39 is 6.61 Å². The molecule has 2 aromatic carbocycles. The normalized spacial score (nSPS) is 9.43. The quantitative estimate of drug-likeness (QED) is 0.447. The van der Waals surface area contributed by atoms with Crippen molar-refractivity contribution in [1.29, 1.82) is 0 Å². The maximum absolute atomic E-state index is 10.9. The fourth-order valence-corrected chi connectivity index (χ4v) is 1.80. The molecule has 4 N–H and O–H groups in total. The van der Waals surface area contributed by atoms with E-state index in [-0.39, 0.29) is 11.5 Å². The van der Waals surface area contributed by atoms with Crippen molar-refractivity contribution in [3.8, 4) is 5.75 Å². The van der Waals surface area contributed by atoms with E-state index in [0.717, 1.165) is 4.47 Å². The molecule has 0 saturated carbocycles. The molecule has 0 atom stereocenters. The Bertz CT molecular complexity index is 643. The average molecular weight is 352 g/mol. The number of aliphatic hydroxyl groups is 1. The Morgan fingerprint density at radius 3 is 2.48 bits per heavy atom. The van der Waals surface area contributed by atoms with Crippen molar-refractivity contribution in [2.75, 3.05) is 12.3 Å². The number of ketones is 1. The van der Waals surface area contributed by atoms with Gasteiger partial charge in [-0.2, -0.15) is 0 Å². The van der Waals surface area contributed by atoms with Gasteiger partial charge in [-0.15, -0.1) is 0 Å². The van der Waals surface area contributed by atoms with Gasteiger partial charge in [0, 0.05) is 15.7 Å². The highest BCUT2D eigenvalue weighted by molar-refractivity contribution is 9.10. The van der Waals surface area contributed by atoms with Crippen LogP contribution in [-0.4, -0.2) is 28.9 Å². The van der Waals surface area contributed by atoms with Gasteiger partial charge in [0.25, 0.3) is 0 Å². The molecule has 21 heavy (non-hydrogen) atoms. The number of carbonyl (C=O) groups excluding carboxylic acids is 2. The first-order valence-corrected chi connectivity index (χ1v) is 6.70. The number of aromatic hydroxyl groups is 1. The lowest BCUT2D eigenvalue weighted by molar-refractivity contribution is 0.0903. The number of phenols is 1. The van der Waals surface area contributed by atoms with E-state index in [1.54, 1.807) is 36.4 Å². The van der Waals surface area contributed by atoms with E-state index in [2.05, 4.69) is 15.9 Å². The van der Waals surface area contributed by atoms with Crippen molar-refractivity contribution in [3.05, 3.63) is 58.1 Å². The van der Waals surface area contributed by atoms with Gasteiger partial charge in [0.2, 0.25) is 0 Å². The van der Waals surface area contributed by atoms with Crippen LogP contribution in [0.4, 0.5) is 5.69 Å². The monoisotopic (exact) mass is 351 g/mol. The van der Waals surface area contributed by atoms with Gasteiger partial charge in [-0.3, -0.25) is 9.59 Å². The molecule has 0 radical (unpaired) electrons. The predicted molar refractivity (Wildman–Crippen MR) is 83.5 cm³/mol. The molecule has 0 aromatic heterocycles. The Labute approximate surface area is 130 Å². The van der Waals surface area contributed by atoms with Crippen LogP contribution in [0.2, 0.25) is 0 Å². The molecule has 0 heterocycles. The second-order valence-corrected chi connectivity index (χ2v) is 4.94. The number of carbonyl (C=O) groups is 2. The van der Waals surface area contributed by atoms with Crippen LogP contribution < -0.4 is 5.73 Å². The molecule has 0 saturated heterocycles. The smallest absolute Gasteiger partial charge is 0.188 e. The second kappa shape index (κ2) is 8.18. The van der Waals surface area contributed by atoms with Crippen molar-refractivity contribution in [1.82, 2.24) is 0 Å². The molecule has 0 amide bonds. The molecule has 0 spiro atoms. The highest BCUT2D eigenvalue weighted by Crippen LogP contribution is 2.19. The highest BCUT2D eigenvalue weighted by atomic mass is 79.9. The van der Waals surface area contributed by atoms with E-state index in [9.17, 15) is 9.59 Å². The second-order valence-electron chi connectivity index (χ2n) is 4.03. The molecule has 0 aliphatic rings. The van der Waals surface area contributed by atoms with Gasteiger partial charge in [0.15, 0.2) is 12.1 Å². The van der Waals surface area contributed by atoms with Crippen LogP contribution in [0.1, 0.15) is 20.7 Å². The molecule has 0 unspecified atom stereocenters. The van der Waals surface area contributed by atoms with Gasteiger partial charge in [-0.05, 0) is 30.3 Å². The lowest BCUT2D eigenvalue weighted by Gasteiger charge is -1.97. The first kappa shape index (κ1) is 16.9. The van der Waals surface area contributed by atoms with E-state index in [0.29, 0.717) is 23.1 Å². The summed E-state index contributed by atoms with van der Waals surface area (Å²) in [6, 6.07) is 11.2. The first-order chi connectivity index (χ1) is 9.97. The fourth-order valence-electron chi connectivity index (χ4n) is 1.42. The minimum atomic E-state index is -0.469. The number of anilines is 1. The zero-order valence-corrected chi connectivity index (χ0v) is 12.6. The summed E-state index contributed by atoms with van der Waals surface area (Å²) >= 11 is 3.17. The maximum atomic E-state index is 10.9. The third-order valence-electron chi connectivity index (χ3n) is 2.47. The van der Waals surface area contributed by atoms with Crippen molar-refractivity contribution >= 4 is 33.7 Å². The Morgan fingerprint density at radius 2 is 1.95 bits per heavy atom. The number of Topliss-reactive ketones (excluding diaryl/α,β-unsaturated/α-hetero) is 1. The van der Waals surface area contributed by atoms with Gasteiger partial charge in [0.1, 0.15) is 12.4 Å². The standard InChI is InChI=1S/C8H9NO2.C7H5BrO2/c9-7-3-1-2-6(4-7)8(11)5-10;8-6-1-2-7(10)5(3-6)4-9/h1-4,10H,5,9H2;1-4,10H. The summed E-state index contributed by atoms with van der Waals surface area (Å²) in [5.41, 5.74) is 6.70. The first-order valence-electron chi connectivity index (χ1n) is 5.91. The van der Waals surface area contributed by atoms with E-state index >= 15 is 0 Å². The van der Waals surface area contributed by atoms with Crippen molar-refractivity contribution < 1.29 is 19.8 Å². The molecule has 110 valence electrons. The summed E-state index contributed by atoms with van der Waals surface area (Å²) < 4.78 is 0.785. The number of halogens is 1. The van der Waals surface area contributed by atoms with E-state index in [4.69, 9.17) is 15.9 Å². The van der Waals surface area contributed by atoms with E-state index in [1.165, 1.54) is 6.07 Å². The van der Waals surface area contributed by atoms with Crippen LogP contribution in [0.15, 0.2) is 46.9 Å². The number of hydrogen-bond donors (Lipinski definition) is 3. The summed E-state index contributed by atoms with van der Waals surface area (Å²) in [5.74, 6) is -0.296. The number of aliphatic hydroxyl groups excluding tert-OH is 1. The third kappa shape index (κ3) is 5.37. The van der Waals surface area contributed by atoms with Gasteiger partial charge >= 0.3 is 0 Å². The molecule has 5 nitrogen and oxygen atoms in total. The Balaban J connectivity index is 0.000000211. The summed E-state index contributed by atoms with van der Waals surface area (Å²) in [6.45, 7) is -0.469. The molecular formula is C15H14BrNO4. The van der Waals surface area contributed by atoms with Gasteiger partial charge in [-0.1, -0.05) is 28.1 Å². The molecular weight excluding hydrogens is 338 g/mol. The Morgan fingerprint density at radius 1 is 1.24 bits per heavy atom. The van der Waals surface area contributed by atoms with Crippen molar-refractivity contribution in [3.63, 3.8) is 0 Å². The number of hydrogen-bond acceptors (Lipinski definition) is 5. The Hall–Kier alpha value is -2.18. The molecule has 6 heteroatoms. The summed E-state index contributed by atoms with van der Waals surface area (Å²) in [4.78, 5) is 21.1. The van der Waals surface area contributed by atoms with Crippen LogP contribution in [0.25, 0.3) is 0 Å². The SMILES string of the molecule is Nc1cccc(C(=O)CO)c1.O=Cc1cc(Br)ccc1O. The topological polar surface area (TPSA) is 101 Å². The highest BCUT2D eigenvalue weighted by Gasteiger charge is 2.02. The molecule has 2 rings (SSSR count). The number of phenolic OH excluding ortho intramolecular Hbond substituents is 1. The molecule has 0 bridgehead atoms. The van der Waals surface area contributed by atoms with Crippen LogP contribution >= 0.6 is 15.9 Å². The largest absolute Gasteiger partial charge is 0.507 e. The predicted octanol–water partition coefficient (Wildman–Crippen LogP) is 2.41. The fraction of sp³-hybridized carbons (Fsp3) is 0.0667. The number of nitrogens with two attached hydrogens (primary N) is 1. The summed E-state index contributed by atoms with van der Waals surface area (Å²) in [7, 11) is 0. The molecule has 0 aliphatic carbocycles. The molecule has 0 fully saturated rings. The molecule has 0 aliphatic heterocycles. The number of rotatable bonds is 3. The van der Waals surface area contributed by atoms with Gasteiger partial charge < -0.3 is 15.9 Å². The van der Waals surface area contributed by atoms with Crippen LogP contribution in [0.3, 0.4) is 0 Å². The van der Waals surface area contributed by atoms with Crippen molar-refractivity contribution in [2.24, 2.45) is 0 Å². The van der Waals surface area contributed by atoms with Crippen LogP contribution in [0, 0.1) is 0 Å². The van der Waals surface area contributed by atoms with E-state index in [1.807, 2.05) is 0 Å².